The molecule has 6 heteroatoms. The van der Waals surface area contributed by atoms with Gasteiger partial charge in [-0.3, -0.25) is 4.79 Å². The normalized spacial score (nSPS) is 13.9. The Morgan fingerprint density at radius 2 is 1.97 bits per heavy atom. The van der Waals surface area contributed by atoms with Crippen LogP contribution in [-0.4, -0.2) is 47.0 Å². The molecule has 0 radical (unpaired) electrons. The number of nitrogens with zero attached hydrogens (tertiary/aromatic N) is 3. The summed E-state index contributed by atoms with van der Waals surface area (Å²) in [4.78, 5) is 27.0. The van der Waals surface area contributed by atoms with E-state index in [0.29, 0.717) is 19.6 Å². The van der Waals surface area contributed by atoms with Gasteiger partial charge in [0, 0.05) is 48.4 Å². The molecule has 0 unspecified atom stereocenters. The van der Waals surface area contributed by atoms with Crippen LogP contribution in [0, 0.1) is 6.92 Å². The van der Waals surface area contributed by atoms with Crippen LogP contribution in [0.3, 0.4) is 0 Å². The third-order valence-corrected chi connectivity index (χ3v) is 6.17. The van der Waals surface area contributed by atoms with Crippen molar-refractivity contribution >= 4 is 22.6 Å². The van der Waals surface area contributed by atoms with Crippen molar-refractivity contribution in [2.45, 2.75) is 13.3 Å². The lowest BCUT2D eigenvalue weighted by molar-refractivity contribution is -0.114. The van der Waals surface area contributed by atoms with Gasteiger partial charge in [0.25, 0.3) is 0 Å². The Labute approximate surface area is 192 Å². The van der Waals surface area contributed by atoms with Crippen LogP contribution in [0.15, 0.2) is 67.5 Å². The second kappa shape index (κ2) is 9.00. The van der Waals surface area contributed by atoms with E-state index in [1.165, 1.54) is 6.08 Å². The van der Waals surface area contributed by atoms with E-state index in [1.54, 1.807) is 6.20 Å². The summed E-state index contributed by atoms with van der Waals surface area (Å²) in [6.45, 7) is 8.73. The number of anilines is 1. The molecular formula is C27H26N4O2. The number of carbonyl (C=O) groups excluding carboxylic acids is 1. The summed E-state index contributed by atoms with van der Waals surface area (Å²) in [5, 5.41) is 1.04. The van der Waals surface area contributed by atoms with E-state index in [0.717, 1.165) is 63.5 Å². The topological polar surface area (TPSA) is 71.1 Å². The van der Waals surface area contributed by atoms with Crippen LogP contribution in [0.25, 0.3) is 33.4 Å². The molecule has 5 rings (SSSR count). The van der Waals surface area contributed by atoms with Crippen molar-refractivity contribution in [2.75, 3.05) is 31.2 Å². The molecule has 0 atom stereocenters. The van der Waals surface area contributed by atoms with E-state index in [-0.39, 0.29) is 5.78 Å². The summed E-state index contributed by atoms with van der Waals surface area (Å²) in [5.74, 6) is 0.954. The van der Waals surface area contributed by atoms with Gasteiger partial charge in [0.15, 0.2) is 5.78 Å². The van der Waals surface area contributed by atoms with E-state index in [9.17, 15) is 4.79 Å². The predicted octanol–water partition coefficient (Wildman–Crippen LogP) is 4.73. The molecule has 4 aromatic rings. The summed E-state index contributed by atoms with van der Waals surface area (Å²) in [5.41, 5.74) is 7.08. The second-order valence-electron chi connectivity index (χ2n) is 8.27. The van der Waals surface area contributed by atoms with Gasteiger partial charge in [-0.25, -0.2) is 9.97 Å². The highest BCUT2D eigenvalue weighted by Gasteiger charge is 2.19. The maximum atomic E-state index is 12.1. The number of aromatic nitrogens is 3. The lowest BCUT2D eigenvalue weighted by Gasteiger charge is -2.28. The minimum atomic E-state index is 0.0142. The van der Waals surface area contributed by atoms with Crippen molar-refractivity contribution in [3.63, 3.8) is 0 Å². The number of rotatable bonds is 6. The van der Waals surface area contributed by atoms with E-state index in [1.807, 2.05) is 25.3 Å². The van der Waals surface area contributed by atoms with Gasteiger partial charge in [0.1, 0.15) is 11.5 Å². The van der Waals surface area contributed by atoms with Crippen LogP contribution in [0.1, 0.15) is 11.1 Å². The van der Waals surface area contributed by atoms with Gasteiger partial charge >= 0.3 is 0 Å². The number of aromatic amines is 1. The summed E-state index contributed by atoms with van der Waals surface area (Å²) in [6.07, 6.45) is 5.38. The molecule has 0 aliphatic carbocycles. The molecule has 0 amide bonds. The van der Waals surface area contributed by atoms with Crippen molar-refractivity contribution < 1.29 is 9.53 Å². The Hall–Kier alpha value is -3.77. The maximum absolute atomic E-state index is 12.1. The van der Waals surface area contributed by atoms with Crippen LogP contribution in [-0.2, 0) is 16.0 Å². The maximum Gasteiger partial charge on any atom is 0.159 e. The average Bonchev–Trinajstić information content (AvgIpc) is 3.25. The first-order chi connectivity index (χ1) is 16.1. The number of carbonyl (C=O) groups is 1. The summed E-state index contributed by atoms with van der Waals surface area (Å²) in [6, 6.07) is 14.5. The zero-order valence-electron chi connectivity index (χ0n) is 18.7. The third kappa shape index (κ3) is 4.17. The lowest BCUT2D eigenvalue weighted by atomic mass is 9.94. The highest BCUT2D eigenvalue weighted by molar-refractivity contribution is 6.02. The molecule has 1 N–H and O–H groups in total. The van der Waals surface area contributed by atoms with Crippen molar-refractivity contribution in [3.05, 3.63) is 78.6 Å². The largest absolute Gasteiger partial charge is 0.378 e. The fourth-order valence-electron chi connectivity index (χ4n) is 4.36. The first kappa shape index (κ1) is 21.1. The Morgan fingerprint density at radius 1 is 1.12 bits per heavy atom. The molecule has 1 fully saturated rings. The molecule has 1 aliphatic rings. The monoisotopic (exact) mass is 438 g/mol. The smallest absolute Gasteiger partial charge is 0.159 e. The van der Waals surface area contributed by atoms with Gasteiger partial charge in [-0.1, -0.05) is 24.8 Å². The number of H-pyrrole nitrogens is 1. The summed E-state index contributed by atoms with van der Waals surface area (Å²) < 4.78 is 5.50. The molecule has 4 heterocycles. The van der Waals surface area contributed by atoms with E-state index in [2.05, 4.69) is 56.8 Å². The highest BCUT2D eigenvalue weighted by atomic mass is 16.5. The van der Waals surface area contributed by atoms with E-state index in [4.69, 9.17) is 4.74 Å². The van der Waals surface area contributed by atoms with Crippen LogP contribution in [0.2, 0.25) is 0 Å². The number of aryl methyl sites for hydroxylation is 1. The fraction of sp³-hybridized carbons (Fsp3) is 0.222. The van der Waals surface area contributed by atoms with Crippen molar-refractivity contribution in [1.29, 1.82) is 0 Å². The molecule has 0 spiro atoms. The first-order valence-corrected chi connectivity index (χ1v) is 11.1. The Bertz CT molecular complexity index is 1340. The van der Waals surface area contributed by atoms with Crippen molar-refractivity contribution in [3.8, 4) is 22.4 Å². The molecule has 33 heavy (non-hydrogen) atoms. The number of pyridine rings is 2. The third-order valence-electron chi connectivity index (χ3n) is 6.17. The number of ketones is 1. The first-order valence-electron chi connectivity index (χ1n) is 11.1. The number of hydrogen-bond acceptors (Lipinski definition) is 5. The van der Waals surface area contributed by atoms with Crippen molar-refractivity contribution in [2.24, 2.45) is 0 Å². The summed E-state index contributed by atoms with van der Waals surface area (Å²) in [7, 11) is 0. The van der Waals surface area contributed by atoms with Gasteiger partial charge < -0.3 is 14.6 Å². The zero-order valence-corrected chi connectivity index (χ0v) is 18.7. The fourth-order valence-corrected chi connectivity index (χ4v) is 4.36. The number of ether oxygens (including phenoxy) is 1. The molecule has 0 bridgehead atoms. The molecule has 166 valence electrons. The van der Waals surface area contributed by atoms with Gasteiger partial charge in [-0.2, -0.15) is 0 Å². The predicted molar refractivity (Wildman–Crippen MR) is 131 cm³/mol. The van der Waals surface area contributed by atoms with Crippen LogP contribution in [0.5, 0.6) is 0 Å². The number of hydrogen-bond donors (Lipinski definition) is 1. The second-order valence-corrected chi connectivity index (χ2v) is 8.27. The number of fused-ring (bicyclic) bond motifs is 1. The molecule has 0 saturated carbocycles. The Morgan fingerprint density at radius 3 is 2.79 bits per heavy atom. The van der Waals surface area contributed by atoms with Crippen LogP contribution >= 0.6 is 0 Å². The minimum absolute atomic E-state index is 0.0142. The molecule has 1 saturated heterocycles. The number of benzene rings is 1. The van der Waals surface area contributed by atoms with E-state index >= 15 is 0 Å². The van der Waals surface area contributed by atoms with Crippen LogP contribution in [0.4, 0.5) is 5.82 Å². The molecular weight excluding hydrogens is 412 g/mol. The summed E-state index contributed by atoms with van der Waals surface area (Å²) >= 11 is 0. The molecule has 1 aromatic carbocycles. The molecule has 1 aliphatic heterocycles. The Balaban J connectivity index is 1.65. The lowest BCUT2D eigenvalue weighted by Crippen LogP contribution is -2.36. The average molecular weight is 439 g/mol. The van der Waals surface area contributed by atoms with Crippen molar-refractivity contribution in [1.82, 2.24) is 15.0 Å². The number of morpholine rings is 1. The number of nitrogens with one attached hydrogen (secondary N) is 1. The molecule has 6 nitrogen and oxygen atoms in total. The Kier molecular flexibility index (Phi) is 5.75. The van der Waals surface area contributed by atoms with Gasteiger partial charge in [-0.05, 0) is 54.0 Å². The standard InChI is InChI=1S/C27H26N4O2/c1-3-22(32)16-21-15-19(7-6-18(21)2)25-23-5-4-9-29-27(23)30-26(25)20-8-10-28-24(17-20)31-11-13-33-14-12-31/h3-10,15,17H,1,11-14,16H2,2H3,(H,29,30). The quantitative estimate of drug-likeness (QED) is 0.441. The zero-order chi connectivity index (χ0) is 22.8. The molecule has 3 aromatic heterocycles. The SMILES string of the molecule is C=CC(=O)Cc1cc(-c2c(-c3ccnc(N4CCOCC4)c3)[nH]c3ncccc23)ccc1C. The minimum Gasteiger partial charge on any atom is -0.378 e. The van der Waals surface area contributed by atoms with E-state index < -0.39 is 0 Å². The highest BCUT2D eigenvalue weighted by Crippen LogP contribution is 2.39. The van der Waals surface area contributed by atoms with Crippen LogP contribution < -0.4 is 4.90 Å². The van der Waals surface area contributed by atoms with Gasteiger partial charge in [0.05, 0.1) is 18.9 Å². The van der Waals surface area contributed by atoms with Gasteiger partial charge in [-0.15, -0.1) is 0 Å². The number of allylic oxidation sites excluding steroid dienone is 1. The van der Waals surface area contributed by atoms with Gasteiger partial charge in [0.2, 0.25) is 0 Å².